The van der Waals surface area contributed by atoms with Gasteiger partial charge in [0.1, 0.15) is 0 Å². The van der Waals surface area contributed by atoms with Gasteiger partial charge in [-0.3, -0.25) is 4.79 Å². The van der Waals surface area contributed by atoms with E-state index in [-0.39, 0.29) is 23.7 Å². The molecule has 2 aromatic rings. The van der Waals surface area contributed by atoms with Crippen LogP contribution >= 0.6 is 12.4 Å². The van der Waals surface area contributed by atoms with Gasteiger partial charge in [-0.2, -0.15) is 0 Å². The Bertz CT molecular complexity index is 674. The van der Waals surface area contributed by atoms with E-state index < -0.39 is 0 Å². The molecule has 2 N–H and O–H groups in total. The SMILES string of the molecule is CC1(c2ccccc2)CCCN(C(=O)c2cccc(N)c2)C1.Cl. The summed E-state index contributed by atoms with van der Waals surface area (Å²) in [5.41, 5.74) is 8.44. The molecule has 3 nitrogen and oxygen atoms in total. The molecule has 0 aromatic heterocycles. The van der Waals surface area contributed by atoms with Gasteiger partial charge >= 0.3 is 0 Å². The zero-order chi connectivity index (χ0) is 15.6. The molecule has 1 aliphatic heterocycles. The quantitative estimate of drug-likeness (QED) is 0.849. The molecular weight excluding hydrogens is 308 g/mol. The number of halogens is 1. The Labute approximate surface area is 143 Å². The van der Waals surface area contributed by atoms with Gasteiger partial charge in [-0.25, -0.2) is 0 Å². The number of piperidine rings is 1. The lowest BCUT2D eigenvalue weighted by atomic mass is 9.76. The van der Waals surface area contributed by atoms with Gasteiger partial charge in [0.15, 0.2) is 0 Å². The van der Waals surface area contributed by atoms with Crippen molar-refractivity contribution in [2.75, 3.05) is 18.8 Å². The molecule has 1 amide bonds. The summed E-state index contributed by atoms with van der Waals surface area (Å²) in [6.07, 6.45) is 2.14. The highest BCUT2D eigenvalue weighted by Gasteiger charge is 2.34. The average molecular weight is 331 g/mol. The summed E-state index contributed by atoms with van der Waals surface area (Å²) in [7, 11) is 0. The largest absolute Gasteiger partial charge is 0.399 e. The third kappa shape index (κ3) is 3.67. The van der Waals surface area contributed by atoms with E-state index in [2.05, 4.69) is 31.2 Å². The summed E-state index contributed by atoms with van der Waals surface area (Å²) in [4.78, 5) is 14.7. The number of carbonyl (C=O) groups is 1. The van der Waals surface area contributed by atoms with E-state index in [4.69, 9.17) is 5.73 Å². The third-order valence-electron chi connectivity index (χ3n) is 4.59. The molecule has 1 heterocycles. The number of benzene rings is 2. The van der Waals surface area contributed by atoms with Crippen molar-refractivity contribution in [3.8, 4) is 0 Å². The first-order valence-corrected chi connectivity index (χ1v) is 7.79. The summed E-state index contributed by atoms with van der Waals surface area (Å²) >= 11 is 0. The first-order valence-electron chi connectivity index (χ1n) is 7.79. The lowest BCUT2D eigenvalue weighted by Crippen LogP contribution is -2.47. The number of anilines is 1. The van der Waals surface area contributed by atoms with Gasteiger partial charge in [-0.1, -0.05) is 43.3 Å². The van der Waals surface area contributed by atoms with Gasteiger partial charge in [0.05, 0.1) is 0 Å². The highest BCUT2D eigenvalue weighted by molar-refractivity contribution is 5.95. The minimum atomic E-state index is 0. The van der Waals surface area contributed by atoms with Crippen molar-refractivity contribution < 1.29 is 4.79 Å². The standard InChI is InChI=1S/C19H22N2O.ClH/c1-19(16-8-3-2-4-9-16)11-6-12-21(14-19)18(22)15-7-5-10-17(20)13-15;/h2-5,7-10,13H,6,11-12,14,20H2,1H3;1H. The fraction of sp³-hybridized carbons (Fsp3) is 0.316. The number of likely N-dealkylation sites (tertiary alicyclic amines) is 1. The molecule has 0 aliphatic carbocycles. The van der Waals surface area contributed by atoms with Crippen molar-refractivity contribution in [3.63, 3.8) is 0 Å². The Morgan fingerprint density at radius 1 is 1.13 bits per heavy atom. The van der Waals surface area contributed by atoms with Gasteiger partial charge in [0.25, 0.3) is 5.91 Å². The van der Waals surface area contributed by atoms with Crippen LogP contribution in [0.2, 0.25) is 0 Å². The van der Waals surface area contributed by atoms with E-state index in [1.807, 2.05) is 23.1 Å². The Morgan fingerprint density at radius 2 is 1.87 bits per heavy atom. The van der Waals surface area contributed by atoms with Gasteiger partial charge in [-0.05, 0) is 36.6 Å². The molecule has 0 saturated carbocycles. The first-order chi connectivity index (χ1) is 10.6. The number of nitrogen functional groups attached to an aromatic ring is 1. The highest BCUT2D eigenvalue weighted by Crippen LogP contribution is 2.34. The summed E-state index contributed by atoms with van der Waals surface area (Å²) in [6, 6.07) is 17.7. The van der Waals surface area contributed by atoms with Crippen molar-refractivity contribution in [1.29, 1.82) is 0 Å². The van der Waals surface area contributed by atoms with Crippen LogP contribution in [0.15, 0.2) is 54.6 Å². The van der Waals surface area contributed by atoms with E-state index in [1.165, 1.54) is 5.56 Å². The maximum atomic E-state index is 12.7. The van der Waals surface area contributed by atoms with E-state index in [0.717, 1.165) is 25.9 Å². The second-order valence-electron chi connectivity index (χ2n) is 6.38. The molecule has 122 valence electrons. The summed E-state index contributed by atoms with van der Waals surface area (Å²) in [5, 5.41) is 0. The summed E-state index contributed by atoms with van der Waals surface area (Å²) in [6.45, 7) is 3.82. The molecule has 0 bridgehead atoms. The molecule has 2 aromatic carbocycles. The fourth-order valence-electron chi connectivity index (χ4n) is 3.34. The van der Waals surface area contributed by atoms with Gasteiger partial charge in [-0.15, -0.1) is 12.4 Å². The van der Waals surface area contributed by atoms with Crippen LogP contribution in [0.3, 0.4) is 0 Å². The number of nitrogens with zero attached hydrogens (tertiary/aromatic N) is 1. The lowest BCUT2D eigenvalue weighted by molar-refractivity contribution is 0.0651. The second kappa shape index (κ2) is 7.05. The lowest BCUT2D eigenvalue weighted by Gasteiger charge is -2.41. The molecule has 0 radical (unpaired) electrons. The molecule has 0 spiro atoms. The molecule has 1 atom stereocenters. The van der Waals surface area contributed by atoms with Gasteiger partial charge < -0.3 is 10.6 Å². The third-order valence-corrected chi connectivity index (χ3v) is 4.59. The number of amides is 1. The van der Waals surface area contributed by atoms with Crippen LogP contribution in [0, 0.1) is 0 Å². The molecule has 4 heteroatoms. The van der Waals surface area contributed by atoms with Gasteiger partial charge in [0.2, 0.25) is 0 Å². The van der Waals surface area contributed by atoms with Crippen molar-refractivity contribution >= 4 is 24.0 Å². The fourth-order valence-corrected chi connectivity index (χ4v) is 3.34. The number of carbonyl (C=O) groups excluding carboxylic acids is 1. The topological polar surface area (TPSA) is 46.3 Å². The predicted octanol–water partition coefficient (Wildman–Crippen LogP) is 3.88. The van der Waals surface area contributed by atoms with Crippen LogP contribution in [-0.4, -0.2) is 23.9 Å². The normalized spacial score (nSPS) is 20.7. The maximum Gasteiger partial charge on any atom is 0.253 e. The van der Waals surface area contributed by atoms with Crippen molar-refractivity contribution in [2.45, 2.75) is 25.2 Å². The average Bonchev–Trinajstić information content (AvgIpc) is 2.55. The summed E-state index contributed by atoms with van der Waals surface area (Å²) < 4.78 is 0. The van der Waals surface area contributed by atoms with Crippen molar-refractivity contribution in [3.05, 3.63) is 65.7 Å². The van der Waals surface area contributed by atoms with Crippen LogP contribution in [0.4, 0.5) is 5.69 Å². The van der Waals surface area contributed by atoms with Crippen LogP contribution in [-0.2, 0) is 5.41 Å². The molecule has 23 heavy (non-hydrogen) atoms. The zero-order valence-electron chi connectivity index (χ0n) is 13.4. The van der Waals surface area contributed by atoms with E-state index in [1.54, 1.807) is 12.1 Å². The van der Waals surface area contributed by atoms with E-state index in [9.17, 15) is 4.79 Å². The van der Waals surface area contributed by atoms with E-state index >= 15 is 0 Å². The van der Waals surface area contributed by atoms with Crippen LogP contribution in [0.25, 0.3) is 0 Å². The first kappa shape index (κ1) is 17.4. The minimum Gasteiger partial charge on any atom is -0.399 e. The number of hydrogen-bond acceptors (Lipinski definition) is 2. The molecule has 1 saturated heterocycles. The maximum absolute atomic E-state index is 12.7. The zero-order valence-corrected chi connectivity index (χ0v) is 14.2. The Kier molecular flexibility index (Phi) is 5.32. The second-order valence-corrected chi connectivity index (χ2v) is 6.38. The van der Waals surface area contributed by atoms with Crippen LogP contribution in [0.1, 0.15) is 35.7 Å². The van der Waals surface area contributed by atoms with Crippen LogP contribution in [0.5, 0.6) is 0 Å². The minimum absolute atomic E-state index is 0. The number of hydrogen-bond donors (Lipinski definition) is 1. The predicted molar refractivity (Wildman–Crippen MR) is 97.0 cm³/mol. The monoisotopic (exact) mass is 330 g/mol. The van der Waals surface area contributed by atoms with Crippen LogP contribution < -0.4 is 5.73 Å². The number of rotatable bonds is 2. The summed E-state index contributed by atoms with van der Waals surface area (Å²) in [5.74, 6) is 0.0779. The highest BCUT2D eigenvalue weighted by atomic mass is 35.5. The van der Waals surface area contributed by atoms with Crippen molar-refractivity contribution in [2.24, 2.45) is 0 Å². The smallest absolute Gasteiger partial charge is 0.253 e. The van der Waals surface area contributed by atoms with Gasteiger partial charge in [0, 0.05) is 29.8 Å². The molecule has 3 rings (SSSR count). The molecule has 1 aliphatic rings. The Hall–Kier alpha value is -2.00. The Morgan fingerprint density at radius 3 is 2.57 bits per heavy atom. The molecular formula is C19H23ClN2O. The molecule has 1 unspecified atom stereocenters. The van der Waals surface area contributed by atoms with E-state index in [0.29, 0.717) is 11.3 Å². The molecule has 1 fully saturated rings. The van der Waals surface area contributed by atoms with Crippen molar-refractivity contribution in [1.82, 2.24) is 4.90 Å². The Balaban J connectivity index is 0.00000192. The number of nitrogens with two attached hydrogens (primary N) is 1.